The molecule has 36 heavy (non-hydrogen) atoms. The number of aryl methyl sites for hydroxylation is 1. The molecular weight excluding hydrogens is 470 g/mol. The first-order chi connectivity index (χ1) is 17.6. The Morgan fingerprint density at radius 2 is 1.72 bits per heavy atom. The molecule has 0 aliphatic rings. The highest BCUT2D eigenvalue weighted by molar-refractivity contribution is 7.15. The average Bonchev–Trinajstić information content (AvgIpc) is 3.60. The molecule has 0 N–H and O–H groups in total. The Morgan fingerprint density at radius 1 is 0.917 bits per heavy atom. The molecule has 0 fully saturated rings. The van der Waals surface area contributed by atoms with E-state index in [-0.39, 0.29) is 5.56 Å². The molecule has 7 nitrogen and oxygen atoms in total. The van der Waals surface area contributed by atoms with Gasteiger partial charge in [-0.25, -0.2) is 4.68 Å². The van der Waals surface area contributed by atoms with E-state index in [1.807, 2.05) is 103 Å². The molecule has 0 bridgehead atoms. The Hall–Kier alpha value is -4.56. The van der Waals surface area contributed by atoms with Gasteiger partial charge < -0.3 is 4.74 Å². The second kappa shape index (κ2) is 8.90. The fourth-order valence-electron chi connectivity index (χ4n) is 4.06. The summed E-state index contributed by atoms with van der Waals surface area (Å²) in [5.41, 5.74) is 5.25. The van der Waals surface area contributed by atoms with Crippen molar-refractivity contribution in [2.75, 3.05) is 7.11 Å². The minimum Gasteiger partial charge on any atom is -0.497 e. The SMILES string of the molecule is COc1ccc(-c2nn(-c3ccccc3)cc2/C=c2\sc3nc(-c4cccc(C)c4)nn3c2=O)cc1. The molecule has 0 unspecified atom stereocenters. The van der Waals surface area contributed by atoms with E-state index < -0.39 is 0 Å². The highest BCUT2D eigenvalue weighted by Gasteiger charge is 2.15. The minimum atomic E-state index is -0.199. The molecule has 6 rings (SSSR count). The molecule has 0 aliphatic carbocycles. The highest BCUT2D eigenvalue weighted by Crippen LogP contribution is 2.26. The lowest BCUT2D eigenvalue weighted by molar-refractivity contribution is 0.415. The molecule has 3 aromatic heterocycles. The summed E-state index contributed by atoms with van der Waals surface area (Å²) in [5.74, 6) is 1.31. The maximum Gasteiger partial charge on any atom is 0.291 e. The second-order valence-electron chi connectivity index (χ2n) is 8.36. The van der Waals surface area contributed by atoms with Crippen molar-refractivity contribution in [3.05, 3.63) is 111 Å². The molecule has 0 amide bonds. The monoisotopic (exact) mass is 491 g/mol. The van der Waals surface area contributed by atoms with Crippen molar-refractivity contribution in [1.29, 1.82) is 0 Å². The first-order valence-electron chi connectivity index (χ1n) is 11.4. The molecule has 0 saturated heterocycles. The summed E-state index contributed by atoms with van der Waals surface area (Å²) in [7, 11) is 1.64. The zero-order valence-corrected chi connectivity index (χ0v) is 20.4. The second-order valence-corrected chi connectivity index (χ2v) is 9.37. The first-order valence-corrected chi connectivity index (χ1v) is 12.2. The largest absolute Gasteiger partial charge is 0.497 e. The van der Waals surface area contributed by atoms with E-state index in [4.69, 9.17) is 9.84 Å². The molecule has 0 spiro atoms. The summed E-state index contributed by atoms with van der Waals surface area (Å²) in [5, 5.41) is 9.33. The van der Waals surface area contributed by atoms with Gasteiger partial charge in [-0.15, -0.1) is 5.10 Å². The molecule has 0 atom stereocenters. The van der Waals surface area contributed by atoms with E-state index in [1.54, 1.807) is 7.11 Å². The van der Waals surface area contributed by atoms with E-state index in [9.17, 15) is 4.79 Å². The van der Waals surface area contributed by atoms with Gasteiger partial charge in [0.2, 0.25) is 4.96 Å². The summed E-state index contributed by atoms with van der Waals surface area (Å²) in [6, 6.07) is 25.5. The van der Waals surface area contributed by atoms with Crippen LogP contribution in [0.25, 0.3) is 39.4 Å². The number of benzene rings is 3. The minimum absolute atomic E-state index is 0.199. The van der Waals surface area contributed by atoms with Gasteiger partial charge in [0.05, 0.1) is 17.3 Å². The number of thiazole rings is 1. The highest BCUT2D eigenvalue weighted by atomic mass is 32.1. The van der Waals surface area contributed by atoms with Crippen LogP contribution in [0.15, 0.2) is 89.9 Å². The Kier molecular flexibility index (Phi) is 5.42. The molecule has 176 valence electrons. The summed E-state index contributed by atoms with van der Waals surface area (Å²) < 4.78 is 9.05. The summed E-state index contributed by atoms with van der Waals surface area (Å²) in [6.45, 7) is 2.02. The van der Waals surface area contributed by atoms with E-state index in [1.165, 1.54) is 15.9 Å². The smallest absolute Gasteiger partial charge is 0.291 e. The van der Waals surface area contributed by atoms with Crippen LogP contribution in [0.1, 0.15) is 11.1 Å². The number of rotatable bonds is 5. The van der Waals surface area contributed by atoms with E-state index in [0.29, 0.717) is 15.3 Å². The Labute approximate surface area is 210 Å². The van der Waals surface area contributed by atoms with Gasteiger partial charge in [-0.05, 0) is 55.5 Å². The van der Waals surface area contributed by atoms with Crippen molar-refractivity contribution in [2.24, 2.45) is 0 Å². The quantitative estimate of drug-likeness (QED) is 0.354. The third kappa shape index (κ3) is 3.97. The molecule has 0 aliphatic heterocycles. The number of hydrogen-bond acceptors (Lipinski definition) is 6. The molecule has 0 radical (unpaired) electrons. The number of hydrogen-bond donors (Lipinski definition) is 0. The van der Waals surface area contributed by atoms with Crippen molar-refractivity contribution in [3.8, 4) is 34.1 Å². The predicted octanol–water partition coefficient (Wildman–Crippen LogP) is 4.54. The third-order valence-corrected chi connectivity index (χ3v) is 6.83. The van der Waals surface area contributed by atoms with Crippen molar-refractivity contribution < 1.29 is 4.74 Å². The van der Waals surface area contributed by atoms with Crippen molar-refractivity contribution >= 4 is 22.4 Å². The Bertz CT molecular complexity index is 1800. The Balaban J connectivity index is 1.48. The molecular formula is C28H21N5O2S. The van der Waals surface area contributed by atoms with Crippen LogP contribution in [0, 0.1) is 6.92 Å². The van der Waals surface area contributed by atoms with Crippen LogP contribution < -0.4 is 14.8 Å². The number of fused-ring (bicyclic) bond motifs is 1. The van der Waals surface area contributed by atoms with Gasteiger partial charge in [-0.1, -0.05) is 53.3 Å². The van der Waals surface area contributed by atoms with Gasteiger partial charge >= 0.3 is 0 Å². The number of methoxy groups -OCH3 is 1. The van der Waals surface area contributed by atoms with Crippen molar-refractivity contribution in [1.82, 2.24) is 24.4 Å². The fraction of sp³-hybridized carbons (Fsp3) is 0.0714. The van der Waals surface area contributed by atoms with Gasteiger partial charge in [-0.3, -0.25) is 4.79 Å². The maximum absolute atomic E-state index is 13.2. The first kappa shape index (κ1) is 21.9. The van der Waals surface area contributed by atoms with Crippen molar-refractivity contribution in [2.45, 2.75) is 6.92 Å². The number of nitrogens with zero attached hydrogens (tertiary/aromatic N) is 5. The summed E-state index contributed by atoms with van der Waals surface area (Å²) in [4.78, 5) is 18.4. The van der Waals surface area contributed by atoms with Gasteiger partial charge in [0.25, 0.3) is 5.56 Å². The maximum atomic E-state index is 13.2. The normalized spacial score (nSPS) is 11.9. The zero-order valence-electron chi connectivity index (χ0n) is 19.6. The predicted molar refractivity (Wildman–Crippen MR) is 142 cm³/mol. The number of aromatic nitrogens is 5. The fourth-order valence-corrected chi connectivity index (χ4v) is 4.96. The summed E-state index contributed by atoms with van der Waals surface area (Å²) in [6.07, 6.45) is 3.80. The lowest BCUT2D eigenvalue weighted by atomic mass is 10.1. The number of ether oxygens (including phenoxy) is 1. The van der Waals surface area contributed by atoms with Crippen LogP contribution >= 0.6 is 11.3 Å². The zero-order chi connectivity index (χ0) is 24.6. The average molecular weight is 492 g/mol. The van der Waals surface area contributed by atoms with Crippen LogP contribution in [-0.2, 0) is 0 Å². The van der Waals surface area contributed by atoms with Gasteiger partial charge in [0, 0.05) is 22.9 Å². The molecule has 3 heterocycles. The standard InChI is InChI=1S/C28H21N5O2S/c1-18-7-6-8-20(15-18)26-29-28-33(31-26)27(34)24(36-28)16-21-17-32(22-9-4-3-5-10-22)30-25(21)19-11-13-23(35-2)14-12-19/h3-17H,1-2H3/b24-16-. The van der Waals surface area contributed by atoms with E-state index in [2.05, 4.69) is 10.1 Å². The topological polar surface area (TPSA) is 74.3 Å². The molecule has 6 aromatic rings. The lowest BCUT2D eigenvalue weighted by Gasteiger charge is -2.02. The van der Waals surface area contributed by atoms with Crippen LogP contribution in [-0.4, -0.2) is 31.5 Å². The number of para-hydroxylation sites is 1. The van der Waals surface area contributed by atoms with E-state index in [0.717, 1.165) is 39.4 Å². The summed E-state index contributed by atoms with van der Waals surface area (Å²) >= 11 is 1.32. The van der Waals surface area contributed by atoms with Crippen LogP contribution in [0.2, 0.25) is 0 Å². The van der Waals surface area contributed by atoms with Gasteiger partial charge in [0.15, 0.2) is 5.82 Å². The third-order valence-electron chi connectivity index (χ3n) is 5.87. The van der Waals surface area contributed by atoms with E-state index >= 15 is 0 Å². The Morgan fingerprint density at radius 3 is 2.44 bits per heavy atom. The van der Waals surface area contributed by atoms with Gasteiger partial charge in [-0.2, -0.15) is 14.6 Å². The van der Waals surface area contributed by atoms with Crippen LogP contribution in [0.5, 0.6) is 5.75 Å². The molecule has 3 aromatic carbocycles. The lowest BCUT2D eigenvalue weighted by Crippen LogP contribution is -2.23. The molecule has 8 heteroatoms. The van der Waals surface area contributed by atoms with Crippen LogP contribution in [0.4, 0.5) is 0 Å². The molecule has 0 saturated carbocycles. The van der Waals surface area contributed by atoms with Gasteiger partial charge in [0.1, 0.15) is 11.4 Å². The van der Waals surface area contributed by atoms with Crippen LogP contribution in [0.3, 0.4) is 0 Å². The van der Waals surface area contributed by atoms with Crippen molar-refractivity contribution in [3.63, 3.8) is 0 Å².